The van der Waals surface area contributed by atoms with Gasteiger partial charge < -0.3 is 9.15 Å². The smallest absolute Gasteiger partial charge is 0.262 e. The van der Waals surface area contributed by atoms with Gasteiger partial charge in [-0.25, -0.2) is 4.98 Å². The van der Waals surface area contributed by atoms with Crippen LogP contribution in [0.15, 0.2) is 62.9 Å². The first kappa shape index (κ1) is 21.2. The highest BCUT2D eigenvalue weighted by atomic mass is 35.5. The number of benzene rings is 2. The monoisotopic (exact) mass is 468 g/mol. The van der Waals surface area contributed by atoms with Crippen molar-refractivity contribution in [1.82, 2.24) is 19.7 Å². The van der Waals surface area contributed by atoms with Crippen molar-refractivity contribution in [2.45, 2.75) is 42.8 Å². The van der Waals surface area contributed by atoms with Gasteiger partial charge in [-0.1, -0.05) is 41.6 Å². The average molecular weight is 469 g/mol. The summed E-state index contributed by atoms with van der Waals surface area (Å²) in [7, 11) is 0. The highest BCUT2D eigenvalue weighted by Gasteiger charge is 2.23. The summed E-state index contributed by atoms with van der Waals surface area (Å²) in [5, 5.41) is 9.84. The van der Waals surface area contributed by atoms with Crippen LogP contribution in [0.25, 0.3) is 22.4 Å². The molecule has 0 N–H and O–H groups in total. The van der Waals surface area contributed by atoms with Crippen LogP contribution in [0.3, 0.4) is 0 Å². The molecular weight excluding hydrogens is 448 g/mol. The molecule has 0 bridgehead atoms. The first-order chi connectivity index (χ1) is 15.6. The van der Waals surface area contributed by atoms with Gasteiger partial charge in [0.25, 0.3) is 5.56 Å². The maximum Gasteiger partial charge on any atom is 0.262 e. The molecule has 9 heteroatoms. The quantitative estimate of drug-likeness (QED) is 0.286. The van der Waals surface area contributed by atoms with Gasteiger partial charge in [0.05, 0.1) is 28.8 Å². The zero-order valence-corrected chi connectivity index (χ0v) is 19.0. The minimum Gasteiger partial charge on any atom is -0.419 e. The number of hydrogen-bond donors (Lipinski definition) is 0. The van der Waals surface area contributed by atoms with Crippen LogP contribution in [-0.4, -0.2) is 32.5 Å². The third-order valence-corrected chi connectivity index (χ3v) is 6.70. The Labute approximate surface area is 193 Å². The topological polar surface area (TPSA) is 83.0 Å². The normalized spacial score (nSPS) is 17.1. The molecule has 2 aromatic carbocycles. The molecule has 1 saturated heterocycles. The summed E-state index contributed by atoms with van der Waals surface area (Å²) in [4.78, 5) is 18.1. The summed E-state index contributed by atoms with van der Waals surface area (Å²) in [6, 6.07) is 14.8. The molecule has 7 nitrogen and oxygen atoms in total. The van der Waals surface area contributed by atoms with Crippen molar-refractivity contribution in [1.29, 1.82) is 0 Å². The molecule has 32 heavy (non-hydrogen) atoms. The van der Waals surface area contributed by atoms with Crippen LogP contribution in [0.5, 0.6) is 0 Å². The van der Waals surface area contributed by atoms with Gasteiger partial charge in [0.2, 0.25) is 11.8 Å². The zero-order chi connectivity index (χ0) is 22.1. The fourth-order valence-electron chi connectivity index (χ4n) is 3.72. The largest absolute Gasteiger partial charge is 0.419 e. The SMILES string of the molecule is CC(Sc1nc2cc(Cl)ccc2c(=O)n1CC1CCCO1)c1nnc(-c2ccccc2)o1. The predicted octanol–water partition coefficient (Wildman–Crippen LogP) is 5.13. The van der Waals surface area contributed by atoms with Crippen molar-refractivity contribution >= 4 is 34.3 Å². The second-order valence-electron chi connectivity index (χ2n) is 7.68. The first-order valence-corrected chi connectivity index (χ1v) is 11.7. The van der Waals surface area contributed by atoms with Crippen molar-refractivity contribution in [2.24, 2.45) is 0 Å². The molecule has 2 atom stereocenters. The molecule has 1 aliphatic heterocycles. The van der Waals surface area contributed by atoms with E-state index in [1.165, 1.54) is 11.8 Å². The summed E-state index contributed by atoms with van der Waals surface area (Å²) in [6.45, 7) is 3.13. The molecule has 4 aromatic rings. The second kappa shape index (κ2) is 9.05. The first-order valence-electron chi connectivity index (χ1n) is 10.5. The molecule has 0 saturated carbocycles. The van der Waals surface area contributed by atoms with E-state index in [4.69, 9.17) is 25.7 Å². The summed E-state index contributed by atoms with van der Waals surface area (Å²) >= 11 is 7.56. The average Bonchev–Trinajstić information content (AvgIpc) is 3.49. The van der Waals surface area contributed by atoms with Gasteiger partial charge in [-0.15, -0.1) is 10.2 Å². The minimum atomic E-state index is -0.209. The molecule has 164 valence electrons. The number of aromatic nitrogens is 4. The van der Waals surface area contributed by atoms with Crippen LogP contribution >= 0.6 is 23.4 Å². The van der Waals surface area contributed by atoms with Crippen LogP contribution in [-0.2, 0) is 11.3 Å². The van der Waals surface area contributed by atoms with E-state index in [0.29, 0.717) is 39.4 Å². The molecule has 2 unspecified atom stereocenters. The van der Waals surface area contributed by atoms with Gasteiger partial charge in [0.1, 0.15) is 0 Å². The number of nitrogens with zero attached hydrogens (tertiary/aromatic N) is 4. The van der Waals surface area contributed by atoms with Gasteiger partial charge >= 0.3 is 0 Å². The molecular formula is C23H21ClN4O3S. The lowest BCUT2D eigenvalue weighted by molar-refractivity contribution is 0.0937. The van der Waals surface area contributed by atoms with Gasteiger partial charge in [-0.05, 0) is 50.1 Å². The molecule has 1 fully saturated rings. The lowest BCUT2D eigenvalue weighted by Gasteiger charge is -2.17. The van der Waals surface area contributed by atoms with Crippen molar-refractivity contribution in [3.05, 3.63) is 69.8 Å². The molecule has 2 aromatic heterocycles. The van der Waals surface area contributed by atoms with E-state index < -0.39 is 0 Å². The Morgan fingerprint density at radius 3 is 2.84 bits per heavy atom. The van der Waals surface area contributed by atoms with Crippen molar-refractivity contribution in [3.63, 3.8) is 0 Å². The summed E-state index contributed by atoms with van der Waals surface area (Å²) in [5.41, 5.74) is 1.32. The number of halogens is 1. The Morgan fingerprint density at radius 2 is 2.06 bits per heavy atom. The van der Waals surface area contributed by atoms with Crippen molar-refractivity contribution in [3.8, 4) is 11.5 Å². The third kappa shape index (κ3) is 4.30. The van der Waals surface area contributed by atoms with Crippen LogP contribution in [0.4, 0.5) is 0 Å². The lowest BCUT2D eigenvalue weighted by Crippen LogP contribution is -2.29. The maximum atomic E-state index is 13.3. The Balaban J connectivity index is 1.49. The maximum absolute atomic E-state index is 13.3. The number of hydrogen-bond acceptors (Lipinski definition) is 7. The molecule has 0 aliphatic carbocycles. The highest BCUT2D eigenvalue weighted by Crippen LogP contribution is 2.35. The van der Waals surface area contributed by atoms with E-state index in [1.807, 2.05) is 37.3 Å². The van der Waals surface area contributed by atoms with Crippen LogP contribution < -0.4 is 5.56 Å². The van der Waals surface area contributed by atoms with Crippen molar-refractivity contribution in [2.75, 3.05) is 6.61 Å². The third-order valence-electron chi connectivity index (χ3n) is 5.38. The Hall–Kier alpha value is -2.68. The Kier molecular flexibility index (Phi) is 5.99. The fourth-order valence-corrected chi connectivity index (χ4v) is 4.84. The van der Waals surface area contributed by atoms with E-state index in [2.05, 4.69) is 10.2 Å². The van der Waals surface area contributed by atoms with Crippen molar-refractivity contribution < 1.29 is 9.15 Å². The van der Waals surface area contributed by atoms with E-state index in [9.17, 15) is 4.79 Å². The number of thioether (sulfide) groups is 1. The van der Waals surface area contributed by atoms with E-state index in [0.717, 1.165) is 25.0 Å². The standard InChI is InChI=1S/C23H21ClN4O3S/c1-14(20-26-27-21(31-20)15-6-3-2-4-7-15)32-23-25-19-12-16(24)9-10-18(19)22(29)28(23)13-17-8-5-11-30-17/h2-4,6-7,9-10,12,14,17H,5,8,11,13H2,1H3. The van der Waals surface area contributed by atoms with Gasteiger partial charge in [-0.2, -0.15) is 0 Å². The zero-order valence-electron chi connectivity index (χ0n) is 17.4. The van der Waals surface area contributed by atoms with E-state index >= 15 is 0 Å². The fraction of sp³-hybridized carbons (Fsp3) is 0.304. The molecule has 1 aliphatic rings. The van der Waals surface area contributed by atoms with Crippen LogP contribution in [0.1, 0.15) is 30.9 Å². The molecule has 0 radical (unpaired) electrons. The number of ether oxygens (including phenoxy) is 1. The van der Waals surface area contributed by atoms with E-state index in [1.54, 1.807) is 22.8 Å². The summed E-state index contributed by atoms with van der Waals surface area (Å²) in [5.74, 6) is 0.931. The predicted molar refractivity (Wildman–Crippen MR) is 124 cm³/mol. The molecule has 5 rings (SSSR count). The summed E-state index contributed by atoms with van der Waals surface area (Å²) < 4.78 is 13.4. The highest BCUT2D eigenvalue weighted by molar-refractivity contribution is 7.99. The lowest BCUT2D eigenvalue weighted by atomic mass is 10.2. The van der Waals surface area contributed by atoms with Crippen LogP contribution in [0.2, 0.25) is 5.02 Å². The minimum absolute atomic E-state index is 0.00185. The summed E-state index contributed by atoms with van der Waals surface area (Å²) in [6.07, 6.45) is 1.93. The molecule has 0 spiro atoms. The molecule has 3 heterocycles. The number of rotatable bonds is 6. The van der Waals surface area contributed by atoms with Gasteiger partial charge in [0.15, 0.2) is 5.16 Å². The molecule has 0 amide bonds. The number of fused-ring (bicyclic) bond motifs is 1. The van der Waals surface area contributed by atoms with E-state index in [-0.39, 0.29) is 16.9 Å². The van der Waals surface area contributed by atoms with Gasteiger partial charge in [0, 0.05) is 17.2 Å². The Bertz CT molecular complexity index is 1300. The van der Waals surface area contributed by atoms with Crippen LogP contribution in [0, 0.1) is 0 Å². The second-order valence-corrected chi connectivity index (χ2v) is 9.42. The Morgan fingerprint density at radius 1 is 1.22 bits per heavy atom. The van der Waals surface area contributed by atoms with Gasteiger partial charge in [-0.3, -0.25) is 9.36 Å².